The van der Waals surface area contributed by atoms with Crippen molar-refractivity contribution >= 4 is 15.9 Å². The third-order valence-corrected chi connectivity index (χ3v) is 5.74. The fourth-order valence-electron chi connectivity index (χ4n) is 2.74. The average molecular weight is 356 g/mol. The molecule has 0 bridgehead atoms. The highest BCUT2D eigenvalue weighted by Gasteiger charge is 2.19. The van der Waals surface area contributed by atoms with Gasteiger partial charge in [-0.2, -0.15) is 12.7 Å². The quantitative estimate of drug-likeness (QED) is 0.691. The molecule has 1 aromatic carbocycles. The monoisotopic (exact) mass is 356 g/mol. The number of nitrogens with one attached hydrogen (secondary N) is 1. The lowest BCUT2D eigenvalue weighted by Gasteiger charge is -2.36. The second kappa shape index (κ2) is 8.66. The molecule has 1 saturated heterocycles. The molecule has 0 atom stereocenters. The van der Waals surface area contributed by atoms with E-state index in [1.54, 1.807) is 7.11 Å². The molecule has 1 heterocycles. The summed E-state index contributed by atoms with van der Waals surface area (Å²) in [5.74, 6) is 0.907. The van der Waals surface area contributed by atoms with Gasteiger partial charge in [-0.3, -0.25) is 4.90 Å². The molecule has 1 aromatic rings. The number of anilines is 1. The molecule has 0 radical (unpaired) electrons. The Hall–Kier alpha value is -1.35. The summed E-state index contributed by atoms with van der Waals surface area (Å²) < 4.78 is 32.5. The third kappa shape index (κ3) is 5.07. The van der Waals surface area contributed by atoms with Crippen LogP contribution in [0.3, 0.4) is 0 Å². The Morgan fingerprint density at radius 3 is 2.46 bits per heavy atom. The lowest BCUT2D eigenvalue weighted by Crippen LogP contribution is -2.47. The first-order chi connectivity index (χ1) is 11.4. The third-order valence-electron chi connectivity index (χ3n) is 4.21. The minimum absolute atomic E-state index is 0.466. The van der Waals surface area contributed by atoms with Crippen LogP contribution in [0, 0.1) is 0 Å². The van der Waals surface area contributed by atoms with Crippen molar-refractivity contribution in [1.29, 1.82) is 0 Å². The number of piperazine rings is 1. The van der Waals surface area contributed by atoms with E-state index in [1.807, 2.05) is 18.2 Å². The van der Waals surface area contributed by atoms with Crippen LogP contribution in [0.25, 0.3) is 0 Å². The van der Waals surface area contributed by atoms with Gasteiger partial charge in [0.1, 0.15) is 5.75 Å². The van der Waals surface area contributed by atoms with Crippen LogP contribution in [0.2, 0.25) is 0 Å². The van der Waals surface area contributed by atoms with Crippen molar-refractivity contribution in [2.75, 3.05) is 65.4 Å². The molecule has 1 fully saturated rings. The van der Waals surface area contributed by atoms with Gasteiger partial charge in [0.15, 0.2) is 0 Å². The molecular weight excluding hydrogens is 328 g/mol. The molecule has 8 heteroatoms. The molecule has 1 aliphatic rings. The molecule has 1 N–H and O–H groups in total. The molecule has 24 heavy (non-hydrogen) atoms. The molecule has 2 rings (SSSR count). The number of hydrogen-bond acceptors (Lipinski definition) is 5. The minimum atomic E-state index is -3.31. The Labute approximate surface area is 145 Å². The molecule has 0 aliphatic carbocycles. The molecule has 136 valence electrons. The van der Waals surface area contributed by atoms with Crippen molar-refractivity contribution in [3.05, 3.63) is 24.3 Å². The predicted octanol–water partition coefficient (Wildman–Crippen LogP) is 0.603. The van der Waals surface area contributed by atoms with Gasteiger partial charge in [0.25, 0.3) is 10.2 Å². The van der Waals surface area contributed by atoms with Crippen LogP contribution in [0.15, 0.2) is 24.3 Å². The highest BCUT2D eigenvalue weighted by atomic mass is 32.2. The van der Waals surface area contributed by atoms with Gasteiger partial charge in [-0.15, -0.1) is 0 Å². The van der Waals surface area contributed by atoms with E-state index >= 15 is 0 Å². The molecule has 0 aromatic heterocycles. The first kappa shape index (κ1) is 19.0. The lowest BCUT2D eigenvalue weighted by molar-refractivity contribution is 0.254. The van der Waals surface area contributed by atoms with Crippen molar-refractivity contribution in [3.63, 3.8) is 0 Å². The highest BCUT2D eigenvalue weighted by molar-refractivity contribution is 7.87. The molecule has 1 aliphatic heterocycles. The van der Waals surface area contributed by atoms with E-state index in [9.17, 15) is 8.42 Å². The Kier molecular flexibility index (Phi) is 6.85. The van der Waals surface area contributed by atoms with E-state index < -0.39 is 10.2 Å². The van der Waals surface area contributed by atoms with Crippen LogP contribution in [-0.2, 0) is 10.2 Å². The summed E-state index contributed by atoms with van der Waals surface area (Å²) in [6.45, 7) is 5.20. The van der Waals surface area contributed by atoms with Crippen molar-refractivity contribution in [2.45, 2.75) is 6.42 Å². The Balaban J connectivity index is 1.73. The maximum atomic E-state index is 11.6. The second-order valence-electron chi connectivity index (χ2n) is 6.04. The first-order valence-electron chi connectivity index (χ1n) is 8.21. The van der Waals surface area contributed by atoms with Gasteiger partial charge >= 0.3 is 0 Å². The largest absolute Gasteiger partial charge is 0.495 e. The standard InChI is InChI=1S/C16H28N4O3S/c1-18(2)24(21,22)17-9-6-10-19-11-13-20(14-12-19)15-7-4-5-8-16(15)23-3/h4-5,7-8,17H,6,9-14H2,1-3H3. The molecule has 0 saturated carbocycles. The summed E-state index contributed by atoms with van der Waals surface area (Å²) in [6.07, 6.45) is 0.807. The molecule has 7 nitrogen and oxygen atoms in total. The van der Waals surface area contributed by atoms with Crippen LogP contribution < -0.4 is 14.4 Å². The zero-order chi connectivity index (χ0) is 17.6. The number of methoxy groups -OCH3 is 1. The summed E-state index contributed by atoms with van der Waals surface area (Å²) in [7, 11) is 1.44. The Bertz CT molecular complexity index is 614. The highest BCUT2D eigenvalue weighted by Crippen LogP contribution is 2.28. The van der Waals surface area contributed by atoms with Crippen LogP contribution in [0.5, 0.6) is 5.75 Å². The molecular formula is C16H28N4O3S. The van der Waals surface area contributed by atoms with Crippen molar-refractivity contribution in [2.24, 2.45) is 0 Å². The number of ether oxygens (including phenoxy) is 1. The van der Waals surface area contributed by atoms with Gasteiger partial charge in [0.2, 0.25) is 0 Å². The number of rotatable bonds is 8. The van der Waals surface area contributed by atoms with Gasteiger partial charge in [0, 0.05) is 46.8 Å². The van der Waals surface area contributed by atoms with E-state index in [2.05, 4.69) is 20.6 Å². The fraction of sp³-hybridized carbons (Fsp3) is 0.625. The first-order valence-corrected chi connectivity index (χ1v) is 9.65. The summed E-state index contributed by atoms with van der Waals surface area (Å²) in [5.41, 5.74) is 1.14. The van der Waals surface area contributed by atoms with Crippen LogP contribution >= 0.6 is 0 Å². The zero-order valence-electron chi connectivity index (χ0n) is 14.7. The predicted molar refractivity (Wildman–Crippen MR) is 96.9 cm³/mol. The Morgan fingerprint density at radius 2 is 1.83 bits per heavy atom. The lowest BCUT2D eigenvalue weighted by atomic mass is 10.2. The van der Waals surface area contributed by atoms with Gasteiger partial charge in [0.05, 0.1) is 12.8 Å². The van der Waals surface area contributed by atoms with E-state index in [0.29, 0.717) is 6.54 Å². The van der Waals surface area contributed by atoms with Gasteiger partial charge in [-0.05, 0) is 25.1 Å². The number of benzene rings is 1. The zero-order valence-corrected chi connectivity index (χ0v) is 15.6. The molecule has 0 spiro atoms. The van der Waals surface area contributed by atoms with E-state index in [4.69, 9.17) is 4.74 Å². The maximum Gasteiger partial charge on any atom is 0.278 e. The van der Waals surface area contributed by atoms with Gasteiger partial charge in [-0.25, -0.2) is 4.72 Å². The topological polar surface area (TPSA) is 65.1 Å². The SMILES string of the molecule is COc1ccccc1N1CCN(CCCNS(=O)(=O)N(C)C)CC1. The van der Waals surface area contributed by atoms with Crippen LogP contribution in [-0.4, -0.2) is 78.1 Å². The summed E-state index contributed by atoms with van der Waals surface area (Å²) in [4.78, 5) is 4.71. The summed E-state index contributed by atoms with van der Waals surface area (Å²) in [5, 5.41) is 0. The molecule has 0 unspecified atom stereocenters. The average Bonchev–Trinajstić information content (AvgIpc) is 2.59. The number of para-hydroxylation sites is 2. The van der Waals surface area contributed by atoms with Crippen LogP contribution in [0.4, 0.5) is 5.69 Å². The van der Waals surface area contributed by atoms with Crippen LogP contribution in [0.1, 0.15) is 6.42 Å². The van der Waals surface area contributed by atoms with E-state index in [0.717, 1.165) is 50.6 Å². The number of nitrogens with zero attached hydrogens (tertiary/aromatic N) is 3. The Morgan fingerprint density at radius 1 is 1.17 bits per heavy atom. The molecule has 0 amide bonds. The van der Waals surface area contributed by atoms with Crippen molar-refractivity contribution < 1.29 is 13.2 Å². The summed E-state index contributed by atoms with van der Waals surface area (Å²) in [6, 6.07) is 8.08. The number of hydrogen-bond donors (Lipinski definition) is 1. The maximum absolute atomic E-state index is 11.6. The van der Waals surface area contributed by atoms with E-state index in [1.165, 1.54) is 18.4 Å². The van der Waals surface area contributed by atoms with Gasteiger partial charge < -0.3 is 9.64 Å². The minimum Gasteiger partial charge on any atom is -0.495 e. The normalized spacial score (nSPS) is 16.6. The van der Waals surface area contributed by atoms with Gasteiger partial charge in [-0.1, -0.05) is 12.1 Å². The second-order valence-corrected chi connectivity index (χ2v) is 8.00. The van der Waals surface area contributed by atoms with Crippen molar-refractivity contribution in [1.82, 2.24) is 13.9 Å². The summed E-state index contributed by atoms with van der Waals surface area (Å²) >= 11 is 0. The smallest absolute Gasteiger partial charge is 0.278 e. The fourth-order valence-corrected chi connectivity index (χ4v) is 3.40. The van der Waals surface area contributed by atoms with E-state index in [-0.39, 0.29) is 0 Å². The van der Waals surface area contributed by atoms with Crippen molar-refractivity contribution in [3.8, 4) is 5.75 Å².